The Kier molecular flexibility index (Phi) is 4.67. The first kappa shape index (κ1) is 17.1. The number of aryl methyl sites for hydroxylation is 2. The van der Waals surface area contributed by atoms with E-state index in [1.807, 2.05) is 18.2 Å². The van der Waals surface area contributed by atoms with Gasteiger partial charge in [-0.25, -0.2) is 9.67 Å². The first-order valence-corrected chi connectivity index (χ1v) is 9.59. The Bertz CT molecular complexity index is 962. The first-order chi connectivity index (χ1) is 12.7. The van der Waals surface area contributed by atoms with E-state index in [1.165, 1.54) is 0 Å². The summed E-state index contributed by atoms with van der Waals surface area (Å²) in [6.07, 6.45) is 1.89. The molecule has 7 nitrogen and oxygen atoms in total. The highest BCUT2D eigenvalue weighted by atomic mass is 79.9. The van der Waals surface area contributed by atoms with Gasteiger partial charge in [-0.1, -0.05) is 19.1 Å². The zero-order valence-corrected chi connectivity index (χ0v) is 16.1. The number of imidazole rings is 1. The van der Waals surface area contributed by atoms with Crippen LogP contribution >= 0.6 is 15.9 Å². The minimum Gasteiger partial charge on any atom is -0.477 e. The van der Waals surface area contributed by atoms with Gasteiger partial charge in [-0.05, 0) is 34.5 Å². The Balaban J connectivity index is 1.56. The molecular formula is C18H20BrN5O2. The Morgan fingerprint density at radius 1 is 1.38 bits per heavy atom. The van der Waals surface area contributed by atoms with E-state index < -0.39 is 0 Å². The number of carbonyl (C=O) groups is 1. The normalized spacial score (nSPS) is 13.5. The van der Waals surface area contributed by atoms with Gasteiger partial charge in [0.1, 0.15) is 10.3 Å². The molecule has 0 bridgehead atoms. The highest BCUT2D eigenvalue weighted by molar-refractivity contribution is 9.10. The van der Waals surface area contributed by atoms with Gasteiger partial charge in [-0.2, -0.15) is 5.10 Å². The lowest BCUT2D eigenvalue weighted by molar-refractivity contribution is 0.0943. The summed E-state index contributed by atoms with van der Waals surface area (Å²) < 4.78 is 10.1. The van der Waals surface area contributed by atoms with Crippen LogP contribution in [-0.2, 0) is 19.6 Å². The number of nitrogens with zero attached hydrogens (tertiary/aromatic N) is 4. The Hall–Kier alpha value is -2.35. The summed E-state index contributed by atoms with van der Waals surface area (Å²) in [5, 5.41) is 7.31. The predicted molar refractivity (Wildman–Crippen MR) is 101 cm³/mol. The molecule has 1 aliphatic heterocycles. The summed E-state index contributed by atoms with van der Waals surface area (Å²) in [6.45, 7) is 4.74. The lowest BCUT2D eigenvalue weighted by Gasteiger charge is -2.14. The summed E-state index contributed by atoms with van der Waals surface area (Å²) in [7, 11) is 0. The fourth-order valence-corrected chi connectivity index (χ4v) is 3.80. The summed E-state index contributed by atoms with van der Waals surface area (Å²) in [5.41, 5.74) is 2.38. The number of aromatic nitrogens is 4. The number of nitrogens with one attached hydrogen (secondary N) is 1. The van der Waals surface area contributed by atoms with Crippen molar-refractivity contribution < 1.29 is 9.53 Å². The summed E-state index contributed by atoms with van der Waals surface area (Å²) >= 11 is 3.44. The van der Waals surface area contributed by atoms with Gasteiger partial charge in [0.15, 0.2) is 5.69 Å². The molecule has 0 fully saturated rings. The molecule has 0 saturated heterocycles. The number of amides is 1. The topological polar surface area (TPSA) is 74.0 Å². The summed E-state index contributed by atoms with van der Waals surface area (Å²) in [6, 6.07) is 8.02. The molecule has 1 aromatic carbocycles. The third-order valence-corrected chi connectivity index (χ3v) is 5.12. The summed E-state index contributed by atoms with van der Waals surface area (Å²) in [4.78, 5) is 17.3. The van der Waals surface area contributed by atoms with E-state index in [1.54, 1.807) is 4.68 Å². The molecule has 3 heterocycles. The SMILES string of the molecule is CCCn1c(CNC(=O)c2nn3c(c2Br)OCCC3)nc2ccccc21. The van der Waals surface area contributed by atoms with Crippen molar-refractivity contribution in [2.24, 2.45) is 0 Å². The van der Waals surface area contributed by atoms with Crippen molar-refractivity contribution >= 4 is 32.9 Å². The van der Waals surface area contributed by atoms with Crippen LogP contribution in [0.2, 0.25) is 0 Å². The van der Waals surface area contributed by atoms with Crippen molar-refractivity contribution in [1.29, 1.82) is 0 Å². The number of hydrogen-bond acceptors (Lipinski definition) is 4. The molecular weight excluding hydrogens is 398 g/mol. The second-order valence-electron chi connectivity index (χ2n) is 6.24. The van der Waals surface area contributed by atoms with Gasteiger partial charge in [0.25, 0.3) is 5.91 Å². The highest BCUT2D eigenvalue weighted by Gasteiger charge is 2.24. The third kappa shape index (κ3) is 2.98. The number of carbonyl (C=O) groups excluding carboxylic acids is 1. The largest absolute Gasteiger partial charge is 0.477 e. The average Bonchev–Trinajstić information content (AvgIpc) is 3.19. The van der Waals surface area contributed by atoms with Crippen LogP contribution in [0, 0.1) is 0 Å². The van der Waals surface area contributed by atoms with Crippen molar-refractivity contribution in [3.05, 3.63) is 40.3 Å². The van der Waals surface area contributed by atoms with Crippen LogP contribution in [0.5, 0.6) is 5.88 Å². The smallest absolute Gasteiger partial charge is 0.273 e. The minimum absolute atomic E-state index is 0.238. The third-order valence-electron chi connectivity index (χ3n) is 4.41. The monoisotopic (exact) mass is 417 g/mol. The van der Waals surface area contributed by atoms with Crippen LogP contribution in [0.15, 0.2) is 28.7 Å². The fraction of sp³-hybridized carbons (Fsp3) is 0.389. The fourth-order valence-electron chi connectivity index (χ4n) is 3.22. The Morgan fingerprint density at radius 2 is 2.23 bits per heavy atom. The van der Waals surface area contributed by atoms with Crippen molar-refractivity contribution in [1.82, 2.24) is 24.6 Å². The average molecular weight is 418 g/mol. The van der Waals surface area contributed by atoms with E-state index in [2.05, 4.69) is 48.9 Å². The van der Waals surface area contributed by atoms with Gasteiger partial charge in [-0.3, -0.25) is 4.79 Å². The highest BCUT2D eigenvalue weighted by Crippen LogP contribution is 2.31. The van der Waals surface area contributed by atoms with E-state index in [4.69, 9.17) is 4.74 Å². The molecule has 0 saturated carbocycles. The van der Waals surface area contributed by atoms with Gasteiger partial charge < -0.3 is 14.6 Å². The van der Waals surface area contributed by atoms with E-state index in [0.29, 0.717) is 29.2 Å². The maximum absolute atomic E-state index is 12.6. The quantitative estimate of drug-likeness (QED) is 0.691. The van der Waals surface area contributed by atoms with Crippen LogP contribution in [0.1, 0.15) is 36.1 Å². The number of halogens is 1. The van der Waals surface area contributed by atoms with Crippen LogP contribution in [0.25, 0.3) is 11.0 Å². The van der Waals surface area contributed by atoms with Crippen molar-refractivity contribution in [3.8, 4) is 5.88 Å². The van der Waals surface area contributed by atoms with Crippen LogP contribution in [-0.4, -0.2) is 31.8 Å². The molecule has 0 atom stereocenters. The maximum atomic E-state index is 12.6. The summed E-state index contributed by atoms with van der Waals surface area (Å²) in [5.74, 6) is 1.23. The molecule has 0 spiro atoms. The number of ether oxygens (including phenoxy) is 1. The van der Waals surface area contributed by atoms with Gasteiger partial charge in [0.05, 0.1) is 24.2 Å². The number of fused-ring (bicyclic) bond motifs is 2. The second kappa shape index (κ2) is 7.11. The van der Waals surface area contributed by atoms with E-state index in [0.717, 1.165) is 42.8 Å². The minimum atomic E-state index is -0.238. The molecule has 1 amide bonds. The zero-order chi connectivity index (χ0) is 18.1. The number of hydrogen-bond donors (Lipinski definition) is 1. The Morgan fingerprint density at radius 3 is 3.04 bits per heavy atom. The van der Waals surface area contributed by atoms with E-state index in [9.17, 15) is 4.79 Å². The lowest BCUT2D eigenvalue weighted by atomic mass is 10.3. The molecule has 0 aliphatic carbocycles. The van der Waals surface area contributed by atoms with Gasteiger partial charge >= 0.3 is 0 Å². The maximum Gasteiger partial charge on any atom is 0.273 e. The van der Waals surface area contributed by atoms with Crippen LogP contribution < -0.4 is 10.1 Å². The van der Waals surface area contributed by atoms with Crippen molar-refractivity contribution in [2.75, 3.05) is 6.61 Å². The predicted octanol–water partition coefficient (Wildman–Crippen LogP) is 3.12. The molecule has 1 aliphatic rings. The molecule has 2 aromatic heterocycles. The molecule has 0 radical (unpaired) electrons. The van der Waals surface area contributed by atoms with Crippen LogP contribution in [0.4, 0.5) is 0 Å². The standard InChI is InChI=1S/C18H20BrN5O2/c1-2-8-23-13-7-4-3-6-12(13)21-14(23)11-20-17(25)16-15(19)18-24(22-16)9-5-10-26-18/h3-4,6-7H,2,5,8-11H2,1H3,(H,20,25). The van der Waals surface area contributed by atoms with Gasteiger partial charge in [-0.15, -0.1) is 0 Å². The van der Waals surface area contributed by atoms with Crippen molar-refractivity contribution in [2.45, 2.75) is 39.4 Å². The zero-order valence-electron chi connectivity index (χ0n) is 14.5. The lowest BCUT2D eigenvalue weighted by Crippen LogP contribution is -2.25. The number of rotatable bonds is 5. The van der Waals surface area contributed by atoms with Gasteiger partial charge in [0.2, 0.25) is 5.88 Å². The molecule has 3 aromatic rings. The molecule has 1 N–H and O–H groups in total. The van der Waals surface area contributed by atoms with Crippen molar-refractivity contribution in [3.63, 3.8) is 0 Å². The molecule has 0 unspecified atom stereocenters. The first-order valence-electron chi connectivity index (χ1n) is 8.80. The van der Waals surface area contributed by atoms with Gasteiger partial charge in [0, 0.05) is 19.5 Å². The van der Waals surface area contributed by atoms with E-state index in [-0.39, 0.29) is 5.91 Å². The number of benzene rings is 1. The Labute approximate surface area is 159 Å². The molecule has 4 rings (SSSR count). The number of para-hydroxylation sites is 2. The van der Waals surface area contributed by atoms with Crippen LogP contribution in [0.3, 0.4) is 0 Å². The second-order valence-corrected chi connectivity index (χ2v) is 7.04. The molecule has 26 heavy (non-hydrogen) atoms. The molecule has 136 valence electrons. The van der Waals surface area contributed by atoms with E-state index >= 15 is 0 Å². The molecule has 8 heteroatoms.